The molecule has 0 aliphatic rings. The summed E-state index contributed by atoms with van der Waals surface area (Å²) in [4.78, 5) is 12.4. The molecular formula is C22H21BrCl2N4O2S. The molecule has 0 spiro atoms. The summed E-state index contributed by atoms with van der Waals surface area (Å²) < 4.78 is 8.62. The number of benzene rings is 2. The van der Waals surface area contributed by atoms with Gasteiger partial charge in [-0.05, 0) is 55.3 Å². The molecule has 0 bridgehead atoms. The maximum absolute atomic E-state index is 12.4. The van der Waals surface area contributed by atoms with Gasteiger partial charge in [-0.3, -0.25) is 9.36 Å². The molecule has 2 aromatic carbocycles. The van der Waals surface area contributed by atoms with E-state index in [1.54, 1.807) is 18.2 Å². The highest BCUT2D eigenvalue weighted by atomic mass is 79.9. The van der Waals surface area contributed by atoms with Crippen molar-refractivity contribution in [2.24, 2.45) is 0 Å². The maximum atomic E-state index is 12.4. The van der Waals surface area contributed by atoms with E-state index in [9.17, 15) is 4.79 Å². The number of thioether (sulfide) groups is 1. The molecule has 32 heavy (non-hydrogen) atoms. The number of nitrogens with one attached hydrogen (secondary N) is 1. The fourth-order valence-electron chi connectivity index (χ4n) is 2.89. The number of allylic oxidation sites excluding steroid dienone is 1. The minimum Gasteiger partial charge on any atom is -0.486 e. The molecule has 0 saturated carbocycles. The maximum Gasteiger partial charge on any atom is 0.234 e. The summed E-state index contributed by atoms with van der Waals surface area (Å²) in [6.07, 6.45) is 1.75. The number of hydrogen-bond donors (Lipinski definition) is 1. The van der Waals surface area contributed by atoms with Crippen molar-refractivity contribution in [3.05, 3.63) is 74.5 Å². The number of amides is 1. The third-order valence-corrected chi connectivity index (χ3v) is 6.79. The first-order chi connectivity index (χ1) is 15.3. The molecule has 0 atom stereocenters. The molecule has 3 rings (SSSR count). The Kier molecular flexibility index (Phi) is 8.64. The molecule has 1 N–H and O–H groups in total. The number of carbonyl (C=O) groups is 1. The normalized spacial score (nSPS) is 10.8. The van der Waals surface area contributed by atoms with Crippen LogP contribution < -0.4 is 10.1 Å². The van der Waals surface area contributed by atoms with Crippen molar-refractivity contribution < 1.29 is 9.53 Å². The summed E-state index contributed by atoms with van der Waals surface area (Å²) in [7, 11) is 0. The van der Waals surface area contributed by atoms with E-state index in [4.69, 9.17) is 27.9 Å². The van der Waals surface area contributed by atoms with E-state index in [1.165, 1.54) is 11.8 Å². The number of hydrogen-bond acceptors (Lipinski definition) is 5. The molecular weight excluding hydrogens is 535 g/mol. The molecule has 0 saturated heterocycles. The first kappa shape index (κ1) is 24.6. The number of carbonyl (C=O) groups excluding carboxylic acids is 1. The predicted octanol–water partition coefficient (Wildman–Crippen LogP) is 6.46. The summed E-state index contributed by atoms with van der Waals surface area (Å²) in [5.74, 6) is 1.29. The zero-order valence-corrected chi connectivity index (χ0v) is 21.4. The second-order valence-corrected chi connectivity index (χ2v) is 9.56. The molecule has 0 unspecified atom stereocenters. The molecule has 10 heteroatoms. The Morgan fingerprint density at radius 2 is 1.97 bits per heavy atom. The van der Waals surface area contributed by atoms with E-state index in [0.717, 1.165) is 20.6 Å². The van der Waals surface area contributed by atoms with E-state index >= 15 is 0 Å². The minimum atomic E-state index is -0.197. The van der Waals surface area contributed by atoms with Crippen LogP contribution >= 0.6 is 50.9 Å². The van der Waals surface area contributed by atoms with Gasteiger partial charge in [0.25, 0.3) is 0 Å². The van der Waals surface area contributed by atoms with Crippen LogP contribution in [0.3, 0.4) is 0 Å². The number of nitrogens with zero attached hydrogens (tertiary/aromatic N) is 3. The zero-order valence-electron chi connectivity index (χ0n) is 17.5. The highest BCUT2D eigenvalue weighted by Gasteiger charge is 2.15. The van der Waals surface area contributed by atoms with Crippen molar-refractivity contribution >= 4 is 62.5 Å². The first-order valence-electron chi connectivity index (χ1n) is 9.58. The summed E-state index contributed by atoms with van der Waals surface area (Å²) in [5.41, 5.74) is 2.44. The quantitative estimate of drug-likeness (QED) is 0.242. The second-order valence-electron chi connectivity index (χ2n) is 6.92. The van der Waals surface area contributed by atoms with Gasteiger partial charge < -0.3 is 10.1 Å². The highest BCUT2D eigenvalue weighted by molar-refractivity contribution is 9.10. The summed E-state index contributed by atoms with van der Waals surface area (Å²) in [6.45, 7) is 8.38. The van der Waals surface area contributed by atoms with Crippen molar-refractivity contribution in [3.8, 4) is 5.75 Å². The van der Waals surface area contributed by atoms with Crippen molar-refractivity contribution in [3.63, 3.8) is 0 Å². The van der Waals surface area contributed by atoms with E-state index in [2.05, 4.69) is 38.0 Å². The molecule has 0 aliphatic heterocycles. The van der Waals surface area contributed by atoms with Crippen LogP contribution in [0.1, 0.15) is 17.0 Å². The second kappa shape index (κ2) is 11.2. The monoisotopic (exact) mass is 554 g/mol. The Labute approximate surface area is 209 Å². The van der Waals surface area contributed by atoms with Crippen LogP contribution in [0.5, 0.6) is 5.75 Å². The van der Waals surface area contributed by atoms with Crippen molar-refractivity contribution in [2.45, 2.75) is 32.2 Å². The predicted molar refractivity (Wildman–Crippen MR) is 134 cm³/mol. The van der Waals surface area contributed by atoms with Crippen LogP contribution in [0, 0.1) is 13.8 Å². The van der Waals surface area contributed by atoms with Gasteiger partial charge in [0, 0.05) is 16.0 Å². The van der Waals surface area contributed by atoms with E-state index in [-0.39, 0.29) is 18.3 Å². The molecule has 3 aromatic rings. The Hall–Kier alpha value is -2.00. The Bertz CT molecular complexity index is 1130. The van der Waals surface area contributed by atoms with E-state index < -0.39 is 0 Å². The van der Waals surface area contributed by atoms with Crippen LogP contribution in [-0.4, -0.2) is 26.4 Å². The summed E-state index contributed by atoms with van der Waals surface area (Å²) in [5, 5.41) is 13.0. The number of rotatable bonds is 9. The van der Waals surface area contributed by atoms with Crippen molar-refractivity contribution in [2.75, 3.05) is 11.1 Å². The van der Waals surface area contributed by atoms with Gasteiger partial charge >= 0.3 is 0 Å². The molecule has 0 fully saturated rings. The Morgan fingerprint density at radius 3 is 2.62 bits per heavy atom. The molecule has 1 aromatic heterocycles. The molecule has 168 valence electrons. The average molecular weight is 556 g/mol. The Morgan fingerprint density at radius 1 is 1.25 bits per heavy atom. The van der Waals surface area contributed by atoms with Gasteiger partial charge in [-0.15, -0.1) is 16.8 Å². The van der Waals surface area contributed by atoms with Crippen LogP contribution in [0.25, 0.3) is 0 Å². The van der Waals surface area contributed by atoms with Crippen LogP contribution in [0.15, 0.2) is 52.6 Å². The number of aromatic nitrogens is 3. The lowest BCUT2D eigenvalue weighted by Crippen LogP contribution is -2.15. The van der Waals surface area contributed by atoms with Gasteiger partial charge in [-0.25, -0.2) is 0 Å². The Balaban J connectivity index is 1.65. The van der Waals surface area contributed by atoms with Crippen LogP contribution in [-0.2, 0) is 17.9 Å². The van der Waals surface area contributed by atoms with Gasteiger partial charge in [0.2, 0.25) is 5.91 Å². The van der Waals surface area contributed by atoms with Gasteiger partial charge in [-0.2, -0.15) is 0 Å². The number of halogens is 3. The number of aryl methyl sites for hydroxylation is 2. The summed E-state index contributed by atoms with van der Waals surface area (Å²) >= 11 is 17.0. The standard InChI is InChI=1S/C22H21BrCl2N4O2S/c1-4-7-29-19(11-31-16-8-13(2)21(25)14(3)9-16)27-28-22(29)32-12-20(30)26-18-6-5-15(23)10-17(18)24/h4-6,8-10H,1,7,11-12H2,2-3H3,(H,26,30). The average Bonchev–Trinajstić information content (AvgIpc) is 3.13. The molecule has 6 nitrogen and oxygen atoms in total. The number of anilines is 1. The zero-order chi connectivity index (χ0) is 23.3. The number of ether oxygens (including phenoxy) is 1. The summed E-state index contributed by atoms with van der Waals surface area (Å²) in [6, 6.07) is 9.05. The fourth-order valence-corrected chi connectivity index (χ4v) is 4.49. The lowest BCUT2D eigenvalue weighted by Gasteiger charge is -2.11. The lowest BCUT2D eigenvalue weighted by molar-refractivity contribution is -0.113. The third kappa shape index (κ3) is 6.28. The van der Waals surface area contributed by atoms with Crippen molar-refractivity contribution in [1.82, 2.24) is 14.8 Å². The van der Waals surface area contributed by atoms with Gasteiger partial charge in [-0.1, -0.05) is 57.0 Å². The van der Waals surface area contributed by atoms with Gasteiger partial charge in [0.05, 0.1) is 16.5 Å². The SMILES string of the molecule is C=CCn1c(COc2cc(C)c(Cl)c(C)c2)nnc1SCC(=O)Nc1ccc(Br)cc1Cl. The van der Waals surface area contributed by atoms with Gasteiger partial charge in [0.15, 0.2) is 11.0 Å². The highest BCUT2D eigenvalue weighted by Crippen LogP contribution is 2.28. The minimum absolute atomic E-state index is 0.151. The third-order valence-electron chi connectivity index (χ3n) is 4.42. The van der Waals surface area contributed by atoms with Crippen molar-refractivity contribution in [1.29, 1.82) is 0 Å². The van der Waals surface area contributed by atoms with Gasteiger partial charge in [0.1, 0.15) is 12.4 Å². The fraction of sp³-hybridized carbons (Fsp3) is 0.227. The molecule has 1 amide bonds. The molecule has 0 aliphatic carbocycles. The van der Waals surface area contributed by atoms with E-state index in [1.807, 2.05) is 36.6 Å². The lowest BCUT2D eigenvalue weighted by atomic mass is 10.1. The molecule has 1 heterocycles. The first-order valence-corrected chi connectivity index (χ1v) is 12.1. The topological polar surface area (TPSA) is 69.0 Å². The van der Waals surface area contributed by atoms with E-state index in [0.29, 0.717) is 34.0 Å². The largest absolute Gasteiger partial charge is 0.486 e. The van der Waals surface area contributed by atoms with Crippen LogP contribution in [0.4, 0.5) is 5.69 Å². The smallest absolute Gasteiger partial charge is 0.234 e. The van der Waals surface area contributed by atoms with Crippen LogP contribution in [0.2, 0.25) is 10.0 Å². The molecule has 0 radical (unpaired) electrons.